The lowest BCUT2D eigenvalue weighted by Crippen LogP contribution is -2.28. The molecule has 2 nitrogen and oxygen atoms in total. The first-order valence-corrected chi connectivity index (χ1v) is 11.5. The molecule has 2 aromatic rings. The highest BCUT2D eigenvalue weighted by atomic mass is 15.2. The summed E-state index contributed by atoms with van der Waals surface area (Å²) in [6.07, 6.45) is 12.8. The normalized spacial score (nSPS) is 23.0. The van der Waals surface area contributed by atoms with Gasteiger partial charge in [0.25, 0.3) is 0 Å². The molecule has 5 rings (SSSR count). The van der Waals surface area contributed by atoms with Crippen molar-refractivity contribution in [3.8, 4) is 0 Å². The van der Waals surface area contributed by atoms with Crippen LogP contribution in [-0.4, -0.2) is 12.3 Å². The number of para-hydroxylation sites is 2. The number of hydrogen-bond donors (Lipinski definition) is 0. The minimum Gasteiger partial charge on any atom is -0.314 e. The lowest BCUT2D eigenvalue weighted by atomic mass is 9.68. The quantitative estimate of drug-likeness (QED) is 0.472. The van der Waals surface area contributed by atoms with Crippen molar-refractivity contribution in [1.82, 2.24) is 0 Å². The third-order valence-electron chi connectivity index (χ3n) is 6.61. The number of anilines is 2. The van der Waals surface area contributed by atoms with E-state index in [2.05, 4.69) is 104 Å². The standard InChI is InChI=1S/C29H30N2/c1-21-19-22(2)29(21)27-16-10-9-15-26(27)28-20-25(17-18-30-28)31(23-11-5-3-6-12-23)24-13-7-4-8-14-24/h3-8,11-16,19-21,29H,9-10,17-18H2,1-2H3. The number of rotatable bonds is 5. The van der Waals surface area contributed by atoms with E-state index in [1.165, 1.54) is 33.8 Å². The molecule has 3 aliphatic rings. The molecule has 2 atom stereocenters. The van der Waals surface area contributed by atoms with Crippen molar-refractivity contribution >= 4 is 17.1 Å². The molecular formula is C29H30N2. The summed E-state index contributed by atoms with van der Waals surface area (Å²) in [6, 6.07) is 21.4. The molecule has 0 amide bonds. The van der Waals surface area contributed by atoms with Crippen LogP contribution in [0.1, 0.15) is 33.1 Å². The summed E-state index contributed by atoms with van der Waals surface area (Å²) in [4.78, 5) is 7.39. The van der Waals surface area contributed by atoms with Crippen molar-refractivity contribution in [2.24, 2.45) is 16.8 Å². The Hall–Kier alpha value is -3.13. The van der Waals surface area contributed by atoms with E-state index in [0.717, 1.165) is 31.5 Å². The topological polar surface area (TPSA) is 15.6 Å². The number of benzene rings is 2. The second-order valence-electron chi connectivity index (χ2n) is 8.76. The molecule has 2 aromatic carbocycles. The minimum atomic E-state index is 0.548. The zero-order valence-corrected chi connectivity index (χ0v) is 18.5. The third-order valence-corrected chi connectivity index (χ3v) is 6.61. The van der Waals surface area contributed by atoms with Crippen LogP contribution in [0.3, 0.4) is 0 Å². The SMILES string of the molecule is CC1=CC(C)C1C1=CCCC=C1C1=NCCC(N(c2ccccc2)c2ccccc2)=C1. The average molecular weight is 407 g/mol. The smallest absolute Gasteiger partial charge is 0.0663 e. The summed E-state index contributed by atoms with van der Waals surface area (Å²) in [5, 5.41) is 0. The molecule has 31 heavy (non-hydrogen) atoms. The molecule has 0 bridgehead atoms. The first-order chi connectivity index (χ1) is 15.2. The van der Waals surface area contributed by atoms with E-state index in [4.69, 9.17) is 4.99 Å². The fraction of sp³-hybridized carbons (Fsp3) is 0.276. The molecule has 0 fully saturated rings. The van der Waals surface area contributed by atoms with E-state index in [1.807, 2.05) is 0 Å². The fourth-order valence-corrected chi connectivity index (χ4v) is 5.22. The number of aliphatic imine (C=N–C) groups is 1. The maximum Gasteiger partial charge on any atom is 0.0663 e. The average Bonchev–Trinajstić information content (AvgIpc) is 2.81. The molecule has 0 saturated carbocycles. The van der Waals surface area contributed by atoms with Crippen LogP contribution in [0, 0.1) is 11.8 Å². The molecule has 1 heterocycles. The van der Waals surface area contributed by atoms with Crippen molar-refractivity contribution in [3.63, 3.8) is 0 Å². The Labute approximate surface area is 186 Å². The Balaban J connectivity index is 1.52. The van der Waals surface area contributed by atoms with E-state index in [1.54, 1.807) is 0 Å². The molecule has 2 aliphatic carbocycles. The van der Waals surface area contributed by atoms with Gasteiger partial charge in [0, 0.05) is 36.0 Å². The van der Waals surface area contributed by atoms with Gasteiger partial charge in [0.1, 0.15) is 0 Å². The van der Waals surface area contributed by atoms with E-state index in [0.29, 0.717) is 11.8 Å². The number of hydrogen-bond acceptors (Lipinski definition) is 2. The van der Waals surface area contributed by atoms with Gasteiger partial charge in [-0.1, -0.05) is 67.1 Å². The van der Waals surface area contributed by atoms with Gasteiger partial charge in [-0.2, -0.15) is 0 Å². The summed E-state index contributed by atoms with van der Waals surface area (Å²) >= 11 is 0. The van der Waals surface area contributed by atoms with Crippen molar-refractivity contribution in [2.75, 3.05) is 11.4 Å². The van der Waals surface area contributed by atoms with Crippen molar-refractivity contribution in [1.29, 1.82) is 0 Å². The lowest BCUT2D eigenvalue weighted by Gasteiger charge is -2.37. The molecule has 156 valence electrons. The largest absolute Gasteiger partial charge is 0.314 e. The first-order valence-electron chi connectivity index (χ1n) is 11.5. The van der Waals surface area contributed by atoms with Crippen LogP contribution < -0.4 is 4.90 Å². The van der Waals surface area contributed by atoms with E-state index < -0.39 is 0 Å². The Kier molecular flexibility index (Phi) is 5.46. The molecule has 0 saturated heterocycles. The summed E-state index contributed by atoms with van der Waals surface area (Å²) in [7, 11) is 0. The van der Waals surface area contributed by atoms with Crippen LogP contribution in [0.25, 0.3) is 0 Å². The second-order valence-corrected chi connectivity index (χ2v) is 8.76. The van der Waals surface area contributed by atoms with Crippen LogP contribution in [0.4, 0.5) is 11.4 Å². The van der Waals surface area contributed by atoms with E-state index in [-0.39, 0.29) is 0 Å². The van der Waals surface area contributed by atoms with Gasteiger partial charge in [-0.15, -0.1) is 0 Å². The van der Waals surface area contributed by atoms with Crippen molar-refractivity contribution < 1.29 is 0 Å². The molecule has 1 aliphatic heterocycles. The third kappa shape index (κ3) is 3.83. The van der Waals surface area contributed by atoms with Gasteiger partial charge >= 0.3 is 0 Å². The summed E-state index contributed by atoms with van der Waals surface area (Å²) < 4.78 is 0. The summed E-state index contributed by atoms with van der Waals surface area (Å²) in [5.41, 5.74) is 9.19. The Morgan fingerprint density at radius 2 is 1.52 bits per heavy atom. The highest BCUT2D eigenvalue weighted by Crippen LogP contribution is 2.43. The molecular weight excluding hydrogens is 376 g/mol. The maximum atomic E-state index is 5.00. The van der Waals surface area contributed by atoms with Crippen LogP contribution in [-0.2, 0) is 0 Å². The molecule has 0 aromatic heterocycles. The lowest BCUT2D eigenvalue weighted by molar-refractivity contribution is 0.490. The van der Waals surface area contributed by atoms with Crippen LogP contribution in [0.5, 0.6) is 0 Å². The Morgan fingerprint density at radius 3 is 2.13 bits per heavy atom. The number of nitrogens with zero attached hydrogens (tertiary/aromatic N) is 2. The number of allylic oxidation sites excluding steroid dienone is 7. The predicted octanol–water partition coefficient (Wildman–Crippen LogP) is 7.41. The predicted molar refractivity (Wildman–Crippen MR) is 132 cm³/mol. The minimum absolute atomic E-state index is 0.548. The Morgan fingerprint density at radius 1 is 0.871 bits per heavy atom. The van der Waals surface area contributed by atoms with Gasteiger partial charge in [0.15, 0.2) is 0 Å². The maximum absolute atomic E-state index is 5.00. The highest BCUT2D eigenvalue weighted by molar-refractivity contribution is 6.13. The molecule has 0 spiro atoms. The fourth-order valence-electron chi connectivity index (χ4n) is 5.22. The number of dihydropyridines is 1. The molecule has 0 N–H and O–H groups in total. The van der Waals surface area contributed by atoms with E-state index in [9.17, 15) is 0 Å². The van der Waals surface area contributed by atoms with Crippen molar-refractivity contribution in [3.05, 3.63) is 107 Å². The van der Waals surface area contributed by atoms with Crippen LogP contribution >= 0.6 is 0 Å². The zero-order chi connectivity index (χ0) is 21.2. The first kappa shape index (κ1) is 19.8. The second kappa shape index (κ2) is 8.55. The zero-order valence-electron chi connectivity index (χ0n) is 18.5. The van der Waals surface area contributed by atoms with Crippen molar-refractivity contribution in [2.45, 2.75) is 33.1 Å². The van der Waals surface area contributed by atoms with Gasteiger partial charge in [-0.3, -0.25) is 4.99 Å². The van der Waals surface area contributed by atoms with Gasteiger partial charge in [-0.25, -0.2) is 0 Å². The Bertz CT molecular complexity index is 1060. The van der Waals surface area contributed by atoms with Crippen LogP contribution in [0.2, 0.25) is 0 Å². The monoisotopic (exact) mass is 406 g/mol. The summed E-state index contributed by atoms with van der Waals surface area (Å²) in [6.45, 7) is 5.44. The molecule has 2 heteroatoms. The van der Waals surface area contributed by atoms with Gasteiger partial charge in [0.05, 0.1) is 5.71 Å². The van der Waals surface area contributed by atoms with Gasteiger partial charge in [-0.05, 0) is 67.2 Å². The molecule has 2 unspecified atom stereocenters. The van der Waals surface area contributed by atoms with Gasteiger partial charge in [0.2, 0.25) is 0 Å². The summed E-state index contributed by atoms with van der Waals surface area (Å²) in [5.74, 6) is 1.16. The highest BCUT2D eigenvalue weighted by Gasteiger charge is 2.33. The van der Waals surface area contributed by atoms with E-state index >= 15 is 0 Å². The van der Waals surface area contributed by atoms with Gasteiger partial charge < -0.3 is 4.90 Å². The molecule has 0 radical (unpaired) electrons. The van der Waals surface area contributed by atoms with Crippen LogP contribution in [0.15, 0.2) is 112 Å².